The van der Waals surface area contributed by atoms with Crippen LogP contribution >= 0.6 is 7.26 Å². The standard InChI is InChI=1S/C24H28P/c1-18(2)25(22-12-6-9-19(3)15-22,23-13-7-10-20(4)16-23)24-14-8-11-21(5)17-24/h6-18H,1-5H3/q+1. The van der Waals surface area contributed by atoms with Crippen LogP contribution < -0.4 is 15.9 Å². The van der Waals surface area contributed by atoms with E-state index in [-0.39, 0.29) is 0 Å². The topological polar surface area (TPSA) is 0 Å². The molecule has 128 valence electrons. The van der Waals surface area contributed by atoms with E-state index in [4.69, 9.17) is 0 Å². The molecule has 3 rings (SSSR count). The van der Waals surface area contributed by atoms with Crippen molar-refractivity contribution in [1.29, 1.82) is 0 Å². The lowest BCUT2D eigenvalue weighted by atomic mass is 10.2. The van der Waals surface area contributed by atoms with Gasteiger partial charge in [0.25, 0.3) is 0 Å². The Balaban J connectivity index is 2.40. The normalized spacial score (nSPS) is 11.8. The summed E-state index contributed by atoms with van der Waals surface area (Å²) in [6.45, 7) is 11.4. The van der Waals surface area contributed by atoms with E-state index in [0.29, 0.717) is 5.66 Å². The first-order valence-electron chi connectivity index (χ1n) is 9.05. The van der Waals surface area contributed by atoms with E-state index in [1.807, 2.05) is 0 Å². The molecule has 0 heterocycles. The molecule has 0 fully saturated rings. The van der Waals surface area contributed by atoms with Crippen molar-refractivity contribution in [2.75, 3.05) is 0 Å². The van der Waals surface area contributed by atoms with Crippen LogP contribution in [0.5, 0.6) is 0 Å². The molecule has 0 saturated heterocycles. The highest BCUT2D eigenvalue weighted by molar-refractivity contribution is 7.96. The Morgan fingerprint density at radius 3 is 1.12 bits per heavy atom. The van der Waals surface area contributed by atoms with Crippen molar-refractivity contribution in [3.8, 4) is 0 Å². The molecule has 0 saturated carbocycles. The maximum atomic E-state index is 2.40. The Bertz CT molecular complexity index is 766. The molecule has 0 bridgehead atoms. The molecule has 3 aromatic carbocycles. The summed E-state index contributed by atoms with van der Waals surface area (Å²) in [5.74, 6) is 0. The van der Waals surface area contributed by atoms with Crippen molar-refractivity contribution in [1.82, 2.24) is 0 Å². The maximum Gasteiger partial charge on any atom is 0.114 e. The van der Waals surface area contributed by atoms with Gasteiger partial charge in [-0.2, -0.15) is 0 Å². The molecular formula is C24H28P+. The highest BCUT2D eigenvalue weighted by Gasteiger charge is 2.48. The van der Waals surface area contributed by atoms with Crippen molar-refractivity contribution in [2.45, 2.75) is 40.3 Å². The van der Waals surface area contributed by atoms with Crippen LogP contribution in [0, 0.1) is 20.8 Å². The van der Waals surface area contributed by atoms with Crippen molar-refractivity contribution < 1.29 is 0 Å². The van der Waals surface area contributed by atoms with Crippen LogP contribution in [0.4, 0.5) is 0 Å². The Kier molecular flexibility index (Phi) is 5.11. The van der Waals surface area contributed by atoms with E-state index in [1.54, 1.807) is 0 Å². The smallest absolute Gasteiger partial charge is 0.0590 e. The monoisotopic (exact) mass is 347 g/mol. The Morgan fingerprint density at radius 1 is 0.560 bits per heavy atom. The van der Waals surface area contributed by atoms with E-state index in [1.165, 1.54) is 32.6 Å². The van der Waals surface area contributed by atoms with Gasteiger partial charge in [-0.15, -0.1) is 0 Å². The first-order chi connectivity index (χ1) is 11.9. The third kappa shape index (κ3) is 3.29. The molecule has 3 aromatic rings. The predicted octanol–water partition coefficient (Wildman–Crippen LogP) is 5.31. The highest BCUT2D eigenvalue weighted by atomic mass is 31.2. The van der Waals surface area contributed by atoms with Gasteiger partial charge in [0.15, 0.2) is 0 Å². The summed E-state index contributed by atoms with van der Waals surface area (Å²) < 4.78 is 0. The summed E-state index contributed by atoms with van der Waals surface area (Å²) in [5.41, 5.74) is 4.55. The van der Waals surface area contributed by atoms with Gasteiger partial charge < -0.3 is 0 Å². The van der Waals surface area contributed by atoms with E-state index in [9.17, 15) is 0 Å². The predicted molar refractivity (Wildman–Crippen MR) is 114 cm³/mol. The van der Waals surface area contributed by atoms with Crippen LogP contribution in [0.25, 0.3) is 0 Å². The SMILES string of the molecule is Cc1cccc([P+](c2cccc(C)c2)(c2cccc(C)c2)C(C)C)c1. The molecule has 0 aliphatic rings. The molecule has 0 aromatic heterocycles. The summed E-state index contributed by atoms with van der Waals surface area (Å²) in [6, 6.07) is 27.5. The summed E-state index contributed by atoms with van der Waals surface area (Å²) in [7, 11) is -1.71. The molecule has 0 nitrogen and oxygen atoms in total. The number of aryl methyl sites for hydroxylation is 3. The van der Waals surface area contributed by atoms with Gasteiger partial charge in [0.05, 0.1) is 5.66 Å². The van der Waals surface area contributed by atoms with Gasteiger partial charge in [-0.05, 0) is 87.7 Å². The quantitative estimate of drug-likeness (QED) is 0.561. The molecule has 0 unspecified atom stereocenters. The first-order valence-corrected chi connectivity index (χ1v) is 10.9. The van der Waals surface area contributed by atoms with Gasteiger partial charge in [-0.1, -0.05) is 36.4 Å². The Labute approximate surface area is 153 Å². The molecule has 0 spiro atoms. The van der Waals surface area contributed by atoms with Crippen LogP contribution in [0.1, 0.15) is 30.5 Å². The second-order valence-electron chi connectivity index (χ2n) is 7.33. The number of rotatable bonds is 4. The molecule has 0 radical (unpaired) electrons. The third-order valence-corrected chi connectivity index (χ3v) is 9.83. The largest absolute Gasteiger partial charge is 0.114 e. The minimum Gasteiger partial charge on any atom is -0.0590 e. The summed E-state index contributed by atoms with van der Waals surface area (Å²) in [5, 5.41) is 4.45. The van der Waals surface area contributed by atoms with Crippen molar-refractivity contribution in [3.05, 3.63) is 89.5 Å². The van der Waals surface area contributed by atoms with Gasteiger partial charge in [-0.3, -0.25) is 0 Å². The molecule has 1 heteroatoms. The summed E-state index contributed by atoms with van der Waals surface area (Å²) >= 11 is 0. The first kappa shape index (κ1) is 17.9. The van der Waals surface area contributed by atoms with Crippen LogP contribution in [0.3, 0.4) is 0 Å². The van der Waals surface area contributed by atoms with Gasteiger partial charge in [-0.25, -0.2) is 0 Å². The van der Waals surface area contributed by atoms with Crippen molar-refractivity contribution in [2.24, 2.45) is 0 Å². The average Bonchev–Trinajstić information content (AvgIpc) is 2.55. The number of hydrogen-bond donors (Lipinski definition) is 0. The molecular weight excluding hydrogens is 319 g/mol. The zero-order chi connectivity index (χ0) is 18.0. The minimum atomic E-state index is -1.71. The van der Waals surface area contributed by atoms with Crippen molar-refractivity contribution in [3.63, 3.8) is 0 Å². The van der Waals surface area contributed by atoms with E-state index >= 15 is 0 Å². The second-order valence-corrected chi connectivity index (χ2v) is 11.4. The third-order valence-electron chi connectivity index (χ3n) is 5.00. The fourth-order valence-corrected chi connectivity index (χ4v) is 8.75. The summed E-state index contributed by atoms with van der Waals surface area (Å²) in [6.07, 6.45) is 0. The molecule has 0 N–H and O–H groups in total. The lowest BCUT2D eigenvalue weighted by Crippen LogP contribution is -2.37. The van der Waals surface area contributed by atoms with Gasteiger partial charge in [0.2, 0.25) is 0 Å². The second kappa shape index (κ2) is 7.14. The van der Waals surface area contributed by atoms with Gasteiger partial charge in [0, 0.05) is 0 Å². The van der Waals surface area contributed by atoms with Crippen LogP contribution in [0.15, 0.2) is 72.8 Å². The Morgan fingerprint density at radius 2 is 0.880 bits per heavy atom. The average molecular weight is 347 g/mol. The van der Waals surface area contributed by atoms with Crippen LogP contribution in [0.2, 0.25) is 0 Å². The fourth-order valence-electron chi connectivity index (χ4n) is 3.88. The van der Waals surface area contributed by atoms with Gasteiger partial charge >= 0.3 is 0 Å². The Hall–Kier alpha value is -1.91. The van der Waals surface area contributed by atoms with E-state index < -0.39 is 7.26 Å². The zero-order valence-corrected chi connectivity index (χ0v) is 16.8. The minimum absolute atomic E-state index is 0.540. The lowest BCUT2D eigenvalue weighted by molar-refractivity contribution is 1.09. The molecule has 0 aliphatic carbocycles. The van der Waals surface area contributed by atoms with Crippen LogP contribution in [-0.2, 0) is 0 Å². The summed E-state index contributed by atoms with van der Waals surface area (Å²) in [4.78, 5) is 0. The molecule has 25 heavy (non-hydrogen) atoms. The zero-order valence-electron chi connectivity index (χ0n) is 16.0. The van der Waals surface area contributed by atoms with Crippen molar-refractivity contribution >= 4 is 23.2 Å². The van der Waals surface area contributed by atoms with Gasteiger partial charge in [0.1, 0.15) is 23.2 Å². The van der Waals surface area contributed by atoms with E-state index in [2.05, 4.69) is 107 Å². The molecule has 0 aliphatic heterocycles. The fraction of sp³-hybridized carbons (Fsp3) is 0.250. The van der Waals surface area contributed by atoms with Crippen LogP contribution in [-0.4, -0.2) is 5.66 Å². The molecule has 0 amide bonds. The lowest BCUT2D eigenvalue weighted by Gasteiger charge is -2.31. The number of hydrogen-bond acceptors (Lipinski definition) is 0. The highest BCUT2D eigenvalue weighted by Crippen LogP contribution is 2.59. The molecule has 0 atom stereocenters. The number of benzene rings is 3. The maximum absolute atomic E-state index is 2.40. The van der Waals surface area contributed by atoms with E-state index in [0.717, 1.165) is 0 Å².